The van der Waals surface area contributed by atoms with Gasteiger partial charge in [-0.3, -0.25) is 14.2 Å². The largest absolute Gasteiger partial charge is 0.352 e. The van der Waals surface area contributed by atoms with E-state index in [0.29, 0.717) is 27.6 Å². The van der Waals surface area contributed by atoms with E-state index in [1.807, 2.05) is 5.38 Å². The lowest BCUT2D eigenvalue weighted by Crippen LogP contribution is -2.45. The van der Waals surface area contributed by atoms with E-state index in [1.54, 1.807) is 12.1 Å². The van der Waals surface area contributed by atoms with E-state index >= 15 is 0 Å². The van der Waals surface area contributed by atoms with Crippen molar-refractivity contribution in [2.45, 2.75) is 45.7 Å². The topological polar surface area (TPSA) is 64.0 Å². The molecule has 0 bridgehead atoms. The molecule has 2 heterocycles. The molecule has 7 heteroatoms. The molecule has 0 saturated heterocycles. The van der Waals surface area contributed by atoms with E-state index in [9.17, 15) is 14.0 Å². The van der Waals surface area contributed by atoms with Crippen LogP contribution in [0.4, 0.5) is 4.39 Å². The summed E-state index contributed by atoms with van der Waals surface area (Å²) in [6, 6.07) is 6.17. The molecule has 3 atom stereocenters. The monoisotopic (exact) mass is 413 g/mol. The molecule has 4 rings (SSSR count). The van der Waals surface area contributed by atoms with Crippen LogP contribution in [0.5, 0.6) is 0 Å². The van der Waals surface area contributed by atoms with Gasteiger partial charge in [0.1, 0.15) is 17.2 Å². The zero-order valence-electron chi connectivity index (χ0n) is 16.5. The van der Waals surface area contributed by atoms with E-state index in [-0.39, 0.29) is 29.9 Å². The minimum atomic E-state index is -0.327. The minimum Gasteiger partial charge on any atom is -0.352 e. The fraction of sp³-hybridized carbons (Fsp3) is 0.409. The van der Waals surface area contributed by atoms with E-state index in [4.69, 9.17) is 0 Å². The van der Waals surface area contributed by atoms with Gasteiger partial charge in [-0.05, 0) is 36.0 Å². The molecule has 0 unspecified atom stereocenters. The number of nitrogens with zero attached hydrogens (tertiary/aromatic N) is 2. The van der Waals surface area contributed by atoms with Crippen molar-refractivity contribution in [3.05, 3.63) is 52.1 Å². The van der Waals surface area contributed by atoms with Gasteiger partial charge in [0.2, 0.25) is 5.91 Å². The highest BCUT2D eigenvalue weighted by Crippen LogP contribution is 2.31. The molecule has 1 fully saturated rings. The number of rotatable bonds is 4. The molecule has 1 saturated carbocycles. The lowest BCUT2D eigenvalue weighted by molar-refractivity contribution is -0.123. The lowest BCUT2D eigenvalue weighted by atomic mass is 9.78. The molecule has 0 radical (unpaired) electrons. The van der Waals surface area contributed by atoms with Gasteiger partial charge in [-0.1, -0.05) is 38.8 Å². The number of benzene rings is 1. The Labute approximate surface area is 172 Å². The normalized spacial score (nSPS) is 22.0. The summed E-state index contributed by atoms with van der Waals surface area (Å²) in [5.41, 5.74) is 1.21. The summed E-state index contributed by atoms with van der Waals surface area (Å²) in [5, 5.41) is 5.42. The van der Waals surface area contributed by atoms with Gasteiger partial charge in [-0.15, -0.1) is 11.3 Å². The zero-order chi connectivity index (χ0) is 20.5. The molecule has 1 aliphatic carbocycles. The number of carbonyl (C=O) groups is 1. The first-order valence-electron chi connectivity index (χ1n) is 9.96. The molecule has 1 aromatic carbocycles. The summed E-state index contributed by atoms with van der Waals surface area (Å²) in [5.74, 6) is 0.510. The first-order chi connectivity index (χ1) is 13.9. The number of hydrogen-bond acceptors (Lipinski definition) is 4. The second-order valence-electron chi connectivity index (χ2n) is 7.96. The zero-order valence-corrected chi connectivity index (χ0v) is 17.3. The quantitative estimate of drug-likeness (QED) is 0.697. The van der Waals surface area contributed by atoms with Crippen LogP contribution in [-0.2, 0) is 11.3 Å². The summed E-state index contributed by atoms with van der Waals surface area (Å²) < 4.78 is 14.6. The fourth-order valence-corrected chi connectivity index (χ4v) is 5.02. The Morgan fingerprint density at radius 3 is 2.79 bits per heavy atom. The summed E-state index contributed by atoms with van der Waals surface area (Å²) >= 11 is 1.36. The first-order valence-corrected chi connectivity index (χ1v) is 10.8. The highest BCUT2D eigenvalue weighted by Gasteiger charge is 2.28. The van der Waals surface area contributed by atoms with E-state index in [2.05, 4.69) is 24.1 Å². The van der Waals surface area contributed by atoms with Crippen molar-refractivity contribution >= 4 is 27.5 Å². The SMILES string of the molecule is C[C@@H]1[C@H](C)CCC[C@H]1NC(=O)Cn1cnc2scc(-c3ccc(F)cc3)c2c1=O. The van der Waals surface area contributed by atoms with Crippen molar-refractivity contribution in [3.8, 4) is 11.1 Å². The summed E-state index contributed by atoms with van der Waals surface area (Å²) in [4.78, 5) is 30.7. The van der Waals surface area contributed by atoms with Crippen molar-refractivity contribution in [3.63, 3.8) is 0 Å². The third-order valence-electron chi connectivity index (χ3n) is 6.08. The predicted molar refractivity (Wildman–Crippen MR) is 113 cm³/mol. The maximum atomic E-state index is 13.3. The Hall–Kier alpha value is -2.54. The molecule has 1 N–H and O–H groups in total. The molecule has 1 aliphatic rings. The van der Waals surface area contributed by atoms with Crippen molar-refractivity contribution in [2.24, 2.45) is 11.8 Å². The smallest absolute Gasteiger partial charge is 0.263 e. The van der Waals surface area contributed by atoms with Gasteiger partial charge < -0.3 is 5.32 Å². The highest BCUT2D eigenvalue weighted by atomic mass is 32.1. The average Bonchev–Trinajstić information content (AvgIpc) is 3.13. The van der Waals surface area contributed by atoms with Crippen LogP contribution in [0.3, 0.4) is 0 Å². The van der Waals surface area contributed by atoms with Gasteiger partial charge >= 0.3 is 0 Å². The molecule has 152 valence electrons. The third kappa shape index (κ3) is 3.96. The van der Waals surface area contributed by atoms with Crippen LogP contribution in [0.15, 0.2) is 40.8 Å². The van der Waals surface area contributed by atoms with Crippen molar-refractivity contribution in [1.29, 1.82) is 0 Å². The maximum absolute atomic E-state index is 13.3. The highest BCUT2D eigenvalue weighted by molar-refractivity contribution is 7.17. The van der Waals surface area contributed by atoms with Gasteiger partial charge in [0.05, 0.1) is 11.7 Å². The molecular formula is C22H24FN3O2S. The molecule has 3 aromatic rings. The van der Waals surface area contributed by atoms with Gasteiger partial charge in [0, 0.05) is 17.0 Å². The molecule has 0 aliphatic heterocycles. The van der Waals surface area contributed by atoms with Gasteiger partial charge in [0.25, 0.3) is 5.56 Å². The van der Waals surface area contributed by atoms with Gasteiger partial charge in [0.15, 0.2) is 0 Å². The number of nitrogens with one attached hydrogen (secondary N) is 1. The molecule has 2 aromatic heterocycles. The van der Waals surface area contributed by atoms with Crippen LogP contribution in [0.25, 0.3) is 21.3 Å². The van der Waals surface area contributed by atoms with E-state index in [1.165, 1.54) is 40.8 Å². The number of carbonyl (C=O) groups excluding carboxylic acids is 1. The Morgan fingerprint density at radius 1 is 1.28 bits per heavy atom. The van der Waals surface area contributed by atoms with Crippen LogP contribution in [0, 0.1) is 17.7 Å². The van der Waals surface area contributed by atoms with Gasteiger partial charge in [-0.25, -0.2) is 9.37 Å². The Balaban J connectivity index is 1.59. The van der Waals surface area contributed by atoms with Crippen molar-refractivity contribution in [1.82, 2.24) is 14.9 Å². The number of halogens is 1. The molecular weight excluding hydrogens is 389 g/mol. The van der Waals surface area contributed by atoms with Crippen LogP contribution in [-0.4, -0.2) is 21.5 Å². The molecule has 5 nitrogen and oxygen atoms in total. The lowest BCUT2D eigenvalue weighted by Gasteiger charge is -2.34. The van der Waals surface area contributed by atoms with Crippen LogP contribution in [0.1, 0.15) is 33.1 Å². The van der Waals surface area contributed by atoms with Crippen LogP contribution < -0.4 is 10.9 Å². The first kappa shape index (κ1) is 19.8. The number of amides is 1. The fourth-order valence-electron chi connectivity index (χ4n) is 4.11. The molecule has 29 heavy (non-hydrogen) atoms. The summed E-state index contributed by atoms with van der Waals surface area (Å²) in [6.07, 6.45) is 4.71. The number of fused-ring (bicyclic) bond motifs is 1. The van der Waals surface area contributed by atoms with E-state index < -0.39 is 0 Å². The summed E-state index contributed by atoms with van der Waals surface area (Å²) in [6.45, 7) is 4.34. The average molecular weight is 414 g/mol. The summed E-state index contributed by atoms with van der Waals surface area (Å²) in [7, 11) is 0. The number of hydrogen-bond donors (Lipinski definition) is 1. The second-order valence-corrected chi connectivity index (χ2v) is 8.81. The van der Waals surface area contributed by atoms with Crippen LogP contribution in [0.2, 0.25) is 0 Å². The van der Waals surface area contributed by atoms with Gasteiger partial charge in [-0.2, -0.15) is 0 Å². The Bertz CT molecular complexity index is 1090. The van der Waals surface area contributed by atoms with E-state index in [0.717, 1.165) is 18.4 Å². The Morgan fingerprint density at radius 2 is 2.03 bits per heavy atom. The second kappa shape index (κ2) is 8.06. The molecule has 1 amide bonds. The number of aromatic nitrogens is 2. The predicted octanol–water partition coefficient (Wildman–Crippen LogP) is 4.21. The third-order valence-corrected chi connectivity index (χ3v) is 6.97. The van der Waals surface area contributed by atoms with Crippen LogP contribution >= 0.6 is 11.3 Å². The number of thiophene rings is 1. The maximum Gasteiger partial charge on any atom is 0.263 e. The van der Waals surface area contributed by atoms with Crippen molar-refractivity contribution in [2.75, 3.05) is 0 Å². The minimum absolute atomic E-state index is 0.0575. The van der Waals surface area contributed by atoms with Crippen molar-refractivity contribution < 1.29 is 9.18 Å². The molecule has 0 spiro atoms. The Kier molecular flexibility index (Phi) is 5.50. The standard InChI is InChI=1S/C22H24FN3O2S/c1-13-4-3-5-18(14(13)2)25-19(27)10-26-12-24-21-20(22(26)28)17(11-29-21)15-6-8-16(23)9-7-15/h6-9,11-14,18H,3-5,10H2,1-2H3,(H,25,27)/t13-,14-,18-/m1/s1.